The fraction of sp³-hybridized carbons (Fsp3) is 0.111. The molecule has 0 aromatic heterocycles. The van der Waals surface area contributed by atoms with Crippen LogP contribution in [0.15, 0.2) is 54.6 Å². The molecule has 110 valence electrons. The minimum Gasteiger partial charge on any atom is -0.496 e. The van der Waals surface area contributed by atoms with Crippen molar-refractivity contribution in [3.05, 3.63) is 71.3 Å². The summed E-state index contributed by atoms with van der Waals surface area (Å²) < 4.78 is 10.3. The monoisotopic (exact) mass is 293 g/mol. The Morgan fingerprint density at radius 1 is 1.18 bits per heavy atom. The van der Waals surface area contributed by atoms with Crippen molar-refractivity contribution in [2.24, 2.45) is 0 Å². The van der Waals surface area contributed by atoms with Crippen molar-refractivity contribution in [1.82, 2.24) is 0 Å². The quantitative estimate of drug-likeness (QED) is 0.626. The number of hydrogen-bond acceptors (Lipinski definition) is 4. The van der Waals surface area contributed by atoms with Crippen LogP contribution in [0.3, 0.4) is 0 Å². The first-order valence-corrected chi connectivity index (χ1v) is 6.70. The van der Waals surface area contributed by atoms with Crippen LogP contribution in [0, 0.1) is 11.3 Å². The summed E-state index contributed by atoms with van der Waals surface area (Å²) in [6.07, 6.45) is 3.02. The number of carbonyl (C=O) groups is 1. The second kappa shape index (κ2) is 7.65. The van der Waals surface area contributed by atoms with Gasteiger partial charge in [0.1, 0.15) is 12.4 Å². The standard InChI is InChI=1S/C18H15NO3/c1-21-17-5-3-2-4-16(17)10-11-18(20)22-13-15-8-6-14(12-19)7-9-15/h2-11H,13H2,1H3. The average molecular weight is 293 g/mol. The van der Waals surface area contributed by atoms with E-state index in [1.807, 2.05) is 30.3 Å². The predicted molar refractivity (Wildman–Crippen MR) is 83.0 cm³/mol. The summed E-state index contributed by atoms with van der Waals surface area (Å²) in [5.41, 5.74) is 2.21. The number of rotatable bonds is 5. The zero-order chi connectivity index (χ0) is 15.8. The smallest absolute Gasteiger partial charge is 0.331 e. The molecule has 0 radical (unpaired) electrons. The zero-order valence-corrected chi connectivity index (χ0v) is 12.2. The number of ether oxygens (including phenoxy) is 2. The molecule has 0 aliphatic heterocycles. The first-order chi connectivity index (χ1) is 10.7. The highest BCUT2D eigenvalue weighted by molar-refractivity contribution is 5.87. The van der Waals surface area contributed by atoms with Crippen molar-refractivity contribution >= 4 is 12.0 Å². The second-order valence-corrected chi connectivity index (χ2v) is 4.49. The molecule has 0 amide bonds. The van der Waals surface area contributed by atoms with Gasteiger partial charge in [0.05, 0.1) is 18.7 Å². The summed E-state index contributed by atoms with van der Waals surface area (Å²) in [4.78, 5) is 11.7. The Kier molecular flexibility index (Phi) is 5.33. The molecule has 2 rings (SSSR count). The Morgan fingerprint density at radius 3 is 2.59 bits per heavy atom. The molecule has 0 atom stereocenters. The van der Waals surface area contributed by atoms with Crippen LogP contribution in [0.1, 0.15) is 16.7 Å². The Hall–Kier alpha value is -3.06. The molecule has 2 aromatic rings. The maximum Gasteiger partial charge on any atom is 0.331 e. The molecule has 0 N–H and O–H groups in total. The molecule has 0 unspecified atom stereocenters. The number of carbonyl (C=O) groups excluding carboxylic acids is 1. The molecular formula is C18H15NO3. The van der Waals surface area contributed by atoms with E-state index >= 15 is 0 Å². The van der Waals surface area contributed by atoms with Gasteiger partial charge in [0.25, 0.3) is 0 Å². The summed E-state index contributed by atoms with van der Waals surface area (Å²) >= 11 is 0. The van der Waals surface area contributed by atoms with Gasteiger partial charge in [0, 0.05) is 11.6 Å². The number of nitriles is 1. The topological polar surface area (TPSA) is 59.3 Å². The first-order valence-electron chi connectivity index (χ1n) is 6.70. The molecule has 0 aliphatic carbocycles. The Labute approximate surface area is 129 Å². The Morgan fingerprint density at radius 2 is 1.91 bits per heavy atom. The molecular weight excluding hydrogens is 278 g/mol. The minimum atomic E-state index is -0.435. The molecule has 0 saturated heterocycles. The van der Waals surface area contributed by atoms with Crippen LogP contribution < -0.4 is 4.74 Å². The lowest BCUT2D eigenvalue weighted by atomic mass is 10.1. The van der Waals surface area contributed by atoms with Crippen molar-refractivity contribution in [3.63, 3.8) is 0 Å². The van der Waals surface area contributed by atoms with Crippen LogP contribution in [-0.4, -0.2) is 13.1 Å². The van der Waals surface area contributed by atoms with E-state index in [4.69, 9.17) is 14.7 Å². The van der Waals surface area contributed by atoms with Gasteiger partial charge in [-0.05, 0) is 29.8 Å². The van der Waals surface area contributed by atoms with Gasteiger partial charge in [-0.1, -0.05) is 30.3 Å². The van der Waals surface area contributed by atoms with Gasteiger partial charge in [0.15, 0.2) is 0 Å². The van der Waals surface area contributed by atoms with Crippen LogP contribution in [-0.2, 0) is 16.1 Å². The molecule has 0 bridgehead atoms. The van der Waals surface area contributed by atoms with Gasteiger partial charge < -0.3 is 9.47 Å². The number of methoxy groups -OCH3 is 1. The average Bonchev–Trinajstić information content (AvgIpc) is 2.58. The molecule has 0 saturated carbocycles. The van der Waals surface area contributed by atoms with Gasteiger partial charge >= 0.3 is 5.97 Å². The highest BCUT2D eigenvalue weighted by Gasteiger charge is 2.01. The van der Waals surface area contributed by atoms with Crippen molar-refractivity contribution in [2.75, 3.05) is 7.11 Å². The highest BCUT2D eigenvalue weighted by Crippen LogP contribution is 2.18. The number of nitrogens with zero attached hydrogens (tertiary/aromatic N) is 1. The van der Waals surface area contributed by atoms with Crippen LogP contribution in [0.4, 0.5) is 0 Å². The molecule has 4 heteroatoms. The molecule has 0 spiro atoms. The lowest BCUT2D eigenvalue weighted by Crippen LogP contribution is -2.00. The van der Waals surface area contributed by atoms with E-state index in [9.17, 15) is 4.79 Å². The highest BCUT2D eigenvalue weighted by atomic mass is 16.5. The summed E-state index contributed by atoms with van der Waals surface area (Å²) in [5.74, 6) is 0.258. The van der Waals surface area contributed by atoms with Crippen LogP contribution in [0.25, 0.3) is 6.08 Å². The van der Waals surface area contributed by atoms with E-state index < -0.39 is 5.97 Å². The molecule has 0 fully saturated rings. The van der Waals surface area contributed by atoms with Crippen molar-refractivity contribution in [2.45, 2.75) is 6.61 Å². The van der Waals surface area contributed by atoms with E-state index in [0.29, 0.717) is 11.3 Å². The molecule has 4 nitrogen and oxygen atoms in total. The van der Waals surface area contributed by atoms with E-state index in [-0.39, 0.29) is 6.61 Å². The number of benzene rings is 2. The van der Waals surface area contributed by atoms with Crippen LogP contribution in [0.2, 0.25) is 0 Å². The van der Waals surface area contributed by atoms with E-state index in [0.717, 1.165) is 11.1 Å². The maximum atomic E-state index is 11.7. The van der Waals surface area contributed by atoms with Crippen molar-refractivity contribution < 1.29 is 14.3 Å². The van der Waals surface area contributed by atoms with Gasteiger partial charge in [-0.15, -0.1) is 0 Å². The Balaban J connectivity index is 1.92. The lowest BCUT2D eigenvalue weighted by molar-refractivity contribution is -0.138. The van der Waals surface area contributed by atoms with Gasteiger partial charge in [-0.2, -0.15) is 5.26 Å². The SMILES string of the molecule is COc1ccccc1C=CC(=O)OCc1ccc(C#N)cc1. The summed E-state index contributed by atoms with van der Waals surface area (Å²) in [7, 11) is 1.58. The third-order valence-electron chi connectivity index (χ3n) is 3.00. The van der Waals surface area contributed by atoms with Gasteiger partial charge in [-0.3, -0.25) is 0 Å². The normalized spacial score (nSPS) is 10.2. The number of esters is 1. The maximum absolute atomic E-state index is 11.7. The minimum absolute atomic E-state index is 0.167. The zero-order valence-electron chi connectivity index (χ0n) is 12.2. The van der Waals surface area contributed by atoms with Gasteiger partial charge in [0.2, 0.25) is 0 Å². The largest absolute Gasteiger partial charge is 0.496 e. The number of hydrogen-bond donors (Lipinski definition) is 0. The van der Waals surface area contributed by atoms with Crippen molar-refractivity contribution in [3.8, 4) is 11.8 Å². The third-order valence-corrected chi connectivity index (χ3v) is 3.00. The lowest BCUT2D eigenvalue weighted by Gasteiger charge is -2.04. The van der Waals surface area contributed by atoms with Crippen molar-refractivity contribution in [1.29, 1.82) is 5.26 Å². The predicted octanol–water partition coefficient (Wildman–Crippen LogP) is 3.32. The first kappa shape index (κ1) is 15.3. The summed E-state index contributed by atoms with van der Waals surface area (Å²) in [6, 6.07) is 16.3. The van der Waals surface area contributed by atoms with E-state index in [2.05, 4.69) is 0 Å². The number of para-hydroxylation sites is 1. The van der Waals surface area contributed by atoms with Crippen LogP contribution in [0.5, 0.6) is 5.75 Å². The molecule has 2 aromatic carbocycles. The fourth-order valence-electron chi connectivity index (χ4n) is 1.84. The van der Waals surface area contributed by atoms with E-state index in [1.165, 1.54) is 6.08 Å². The fourth-order valence-corrected chi connectivity index (χ4v) is 1.84. The molecule has 0 aliphatic rings. The molecule has 0 heterocycles. The second-order valence-electron chi connectivity index (χ2n) is 4.49. The summed E-state index contributed by atoms with van der Waals surface area (Å²) in [6.45, 7) is 0.167. The van der Waals surface area contributed by atoms with Gasteiger partial charge in [-0.25, -0.2) is 4.79 Å². The Bertz CT molecular complexity index is 712. The van der Waals surface area contributed by atoms with E-state index in [1.54, 1.807) is 37.5 Å². The summed E-state index contributed by atoms with van der Waals surface area (Å²) in [5, 5.41) is 8.71. The third kappa shape index (κ3) is 4.22. The van der Waals surface area contributed by atoms with Crippen LogP contribution >= 0.6 is 0 Å². The molecule has 22 heavy (non-hydrogen) atoms.